The summed E-state index contributed by atoms with van der Waals surface area (Å²) >= 11 is 0. The molecule has 32 heavy (non-hydrogen) atoms. The van der Waals surface area contributed by atoms with Crippen LogP contribution in [0.4, 0.5) is 0 Å². The fraction of sp³-hybridized carbons (Fsp3) is 0.458. The van der Waals surface area contributed by atoms with Gasteiger partial charge in [-0.2, -0.15) is 0 Å². The number of aromatic hydroxyl groups is 1. The van der Waals surface area contributed by atoms with Crippen LogP contribution in [0.3, 0.4) is 0 Å². The summed E-state index contributed by atoms with van der Waals surface area (Å²) in [7, 11) is 1.42. The Kier molecular flexibility index (Phi) is 6.91. The molecule has 0 spiro atoms. The van der Waals surface area contributed by atoms with Crippen LogP contribution in [0.5, 0.6) is 11.5 Å². The van der Waals surface area contributed by atoms with Gasteiger partial charge in [0, 0.05) is 22.9 Å². The van der Waals surface area contributed by atoms with E-state index in [2.05, 4.69) is 5.32 Å². The van der Waals surface area contributed by atoms with E-state index in [1.54, 1.807) is 32.9 Å². The maximum Gasteiger partial charge on any atom is 0.336 e. The average Bonchev–Trinajstić information content (AvgIpc) is 2.73. The van der Waals surface area contributed by atoms with Crippen molar-refractivity contribution in [3.05, 3.63) is 46.3 Å². The molecule has 0 amide bonds. The van der Waals surface area contributed by atoms with Crippen LogP contribution in [0.15, 0.2) is 40.7 Å². The molecule has 0 radical (unpaired) electrons. The number of phenols is 1. The molecule has 1 aliphatic heterocycles. The lowest BCUT2D eigenvalue weighted by Gasteiger charge is -2.38. The van der Waals surface area contributed by atoms with E-state index in [4.69, 9.17) is 14.2 Å². The van der Waals surface area contributed by atoms with E-state index in [0.717, 1.165) is 0 Å². The Hall–Kier alpha value is -3.29. The normalized spacial score (nSPS) is 22.8. The number of benzene rings is 1. The van der Waals surface area contributed by atoms with Crippen molar-refractivity contribution in [2.75, 3.05) is 20.3 Å². The fourth-order valence-electron chi connectivity index (χ4n) is 4.47. The second-order valence-corrected chi connectivity index (χ2v) is 7.92. The highest BCUT2D eigenvalue weighted by Gasteiger charge is 2.47. The lowest BCUT2D eigenvalue weighted by molar-refractivity contribution is -0.153. The van der Waals surface area contributed by atoms with E-state index in [1.807, 2.05) is 6.92 Å². The van der Waals surface area contributed by atoms with E-state index in [0.29, 0.717) is 29.0 Å². The Morgan fingerprint density at radius 3 is 2.50 bits per heavy atom. The van der Waals surface area contributed by atoms with Gasteiger partial charge in [0.2, 0.25) is 0 Å². The molecule has 8 nitrogen and oxygen atoms in total. The van der Waals surface area contributed by atoms with Crippen molar-refractivity contribution < 1.29 is 33.7 Å². The first-order valence-electron chi connectivity index (χ1n) is 10.7. The van der Waals surface area contributed by atoms with Crippen molar-refractivity contribution in [3.63, 3.8) is 0 Å². The summed E-state index contributed by atoms with van der Waals surface area (Å²) in [6.45, 7) is 7.34. The van der Waals surface area contributed by atoms with Gasteiger partial charge in [0.25, 0.3) is 0 Å². The first kappa shape index (κ1) is 23.4. The number of methoxy groups -OCH3 is 1. The summed E-state index contributed by atoms with van der Waals surface area (Å²) in [5.41, 5.74) is 2.44. The second-order valence-electron chi connectivity index (χ2n) is 7.92. The Bertz CT molecular complexity index is 1010. The highest BCUT2D eigenvalue weighted by Crippen LogP contribution is 2.46. The lowest BCUT2D eigenvalue weighted by atomic mass is 9.69. The number of dihydropyridines is 1. The molecule has 3 atom stereocenters. The van der Waals surface area contributed by atoms with E-state index in [1.165, 1.54) is 13.2 Å². The molecule has 1 aliphatic carbocycles. The largest absolute Gasteiger partial charge is 0.504 e. The summed E-state index contributed by atoms with van der Waals surface area (Å²) in [5.74, 6) is -3.36. The Morgan fingerprint density at radius 1 is 1.19 bits per heavy atom. The van der Waals surface area contributed by atoms with Crippen LogP contribution in [0.1, 0.15) is 45.6 Å². The van der Waals surface area contributed by atoms with Crippen LogP contribution in [-0.2, 0) is 23.9 Å². The van der Waals surface area contributed by atoms with Crippen LogP contribution in [-0.4, -0.2) is 43.2 Å². The van der Waals surface area contributed by atoms with Crippen molar-refractivity contribution in [1.82, 2.24) is 5.32 Å². The predicted molar refractivity (Wildman–Crippen MR) is 116 cm³/mol. The number of phenolic OH excluding ortho intramolecular Hbond substituents is 1. The van der Waals surface area contributed by atoms with E-state index < -0.39 is 23.8 Å². The van der Waals surface area contributed by atoms with Gasteiger partial charge in [-0.05, 0) is 50.8 Å². The van der Waals surface area contributed by atoms with Crippen molar-refractivity contribution in [2.45, 2.75) is 40.0 Å². The zero-order valence-electron chi connectivity index (χ0n) is 19.0. The summed E-state index contributed by atoms with van der Waals surface area (Å²) < 4.78 is 15.7. The Morgan fingerprint density at radius 2 is 1.88 bits per heavy atom. The quantitative estimate of drug-likeness (QED) is 0.510. The van der Waals surface area contributed by atoms with Crippen molar-refractivity contribution in [2.24, 2.45) is 11.8 Å². The highest BCUT2D eigenvalue weighted by atomic mass is 16.5. The lowest BCUT2D eigenvalue weighted by Crippen LogP contribution is -2.43. The van der Waals surface area contributed by atoms with Crippen LogP contribution < -0.4 is 10.1 Å². The molecule has 1 aromatic carbocycles. The van der Waals surface area contributed by atoms with Crippen molar-refractivity contribution in [3.8, 4) is 11.5 Å². The molecule has 0 bridgehead atoms. The summed E-state index contributed by atoms with van der Waals surface area (Å²) in [5, 5.41) is 13.3. The number of allylic oxidation sites excluding steroid dienone is 3. The van der Waals surface area contributed by atoms with Gasteiger partial charge in [0.15, 0.2) is 17.3 Å². The first-order chi connectivity index (χ1) is 15.2. The third-order valence-corrected chi connectivity index (χ3v) is 5.86. The summed E-state index contributed by atoms with van der Waals surface area (Å²) in [4.78, 5) is 39.2. The molecule has 1 aromatic rings. The minimum atomic E-state index is -0.959. The van der Waals surface area contributed by atoms with E-state index in [9.17, 15) is 19.5 Å². The van der Waals surface area contributed by atoms with Gasteiger partial charge in [0.1, 0.15) is 5.92 Å². The number of carbonyl (C=O) groups is 3. The van der Waals surface area contributed by atoms with Crippen LogP contribution in [0, 0.1) is 11.8 Å². The number of esters is 2. The number of ketones is 1. The van der Waals surface area contributed by atoms with Crippen molar-refractivity contribution >= 4 is 17.7 Å². The van der Waals surface area contributed by atoms with Gasteiger partial charge in [-0.25, -0.2) is 4.79 Å². The van der Waals surface area contributed by atoms with Crippen LogP contribution in [0.25, 0.3) is 0 Å². The first-order valence-corrected chi connectivity index (χ1v) is 10.7. The second kappa shape index (κ2) is 9.46. The van der Waals surface area contributed by atoms with Gasteiger partial charge >= 0.3 is 11.9 Å². The third-order valence-electron chi connectivity index (χ3n) is 5.86. The Labute approximate surface area is 187 Å². The zero-order chi connectivity index (χ0) is 23.6. The third kappa shape index (κ3) is 4.09. The standard InChI is InChI=1S/C24H29NO7/c1-6-31-23(28)18-12(3)10-15-21(22(18)27)20(14-8-9-16(26)17(11-14)30-5)19(13(4)25-15)24(29)32-7-2/h8-9,11-12,18,20,25-26H,6-7,10H2,1-5H3/t12-,18-,20+/m0/s1. The molecule has 172 valence electrons. The van der Waals surface area contributed by atoms with Crippen molar-refractivity contribution in [1.29, 1.82) is 0 Å². The van der Waals surface area contributed by atoms with Gasteiger partial charge in [-0.3, -0.25) is 9.59 Å². The van der Waals surface area contributed by atoms with Gasteiger partial charge in [-0.15, -0.1) is 0 Å². The number of Topliss-reactive ketones (excluding diaryl/α,β-unsaturated/α-hetero) is 1. The predicted octanol–water partition coefficient (Wildman–Crippen LogP) is 2.97. The molecule has 0 fully saturated rings. The maximum atomic E-state index is 13.7. The number of carbonyl (C=O) groups excluding carboxylic acids is 3. The number of ether oxygens (including phenoxy) is 3. The molecule has 3 rings (SSSR count). The molecule has 0 saturated heterocycles. The minimum absolute atomic E-state index is 0.0641. The smallest absolute Gasteiger partial charge is 0.336 e. The topological polar surface area (TPSA) is 111 Å². The highest BCUT2D eigenvalue weighted by molar-refractivity contribution is 6.12. The van der Waals surface area contributed by atoms with E-state index >= 15 is 0 Å². The van der Waals surface area contributed by atoms with Gasteiger partial charge in [0.05, 0.1) is 25.9 Å². The molecular formula is C24H29NO7. The molecule has 0 saturated carbocycles. The van der Waals surface area contributed by atoms with E-state index in [-0.39, 0.29) is 42.0 Å². The van der Waals surface area contributed by atoms with Gasteiger partial charge < -0.3 is 24.6 Å². The molecule has 0 unspecified atom stereocenters. The summed E-state index contributed by atoms with van der Waals surface area (Å²) in [6, 6.07) is 4.68. The monoisotopic (exact) mass is 443 g/mol. The number of hydrogen-bond acceptors (Lipinski definition) is 8. The average molecular weight is 443 g/mol. The molecule has 2 N–H and O–H groups in total. The number of hydrogen-bond donors (Lipinski definition) is 2. The van der Waals surface area contributed by atoms with Crippen LogP contribution in [0.2, 0.25) is 0 Å². The Balaban J connectivity index is 2.20. The number of rotatable bonds is 6. The molecular weight excluding hydrogens is 414 g/mol. The maximum absolute atomic E-state index is 13.7. The summed E-state index contributed by atoms with van der Waals surface area (Å²) in [6.07, 6.45) is 0.448. The zero-order valence-corrected chi connectivity index (χ0v) is 19.0. The number of nitrogens with one attached hydrogen (secondary N) is 1. The minimum Gasteiger partial charge on any atom is -0.504 e. The fourth-order valence-corrected chi connectivity index (χ4v) is 4.47. The van der Waals surface area contributed by atoms with Crippen LogP contribution >= 0.6 is 0 Å². The molecule has 8 heteroatoms. The molecule has 0 aromatic heterocycles. The van der Waals surface area contributed by atoms with Gasteiger partial charge in [-0.1, -0.05) is 13.0 Å². The SMILES string of the molecule is CCOC(=O)C1=C(C)NC2=C(C(=O)[C@@H](C(=O)OCC)[C@@H](C)C2)[C@@H]1c1ccc(O)c(OC)c1. The molecule has 2 aliphatic rings. The molecule has 1 heterocycles.